The van der Waals surface area contributed by atoms with Crippen molar-refractivity contribution in [3.8, 4) is 5.75 Å². The van der Waals surface area contributed by atoms with E-state index in [-0.39, 0.29) is 6.04 Å². The predicted octanol–water partition coefficient (Wildman–Crippen LogP) is 3.16. The van der Waals surface area contributed by atoms with Crippen LogP contribution in [0.15, 0.2) is 35.7 Å². The van der Waals surface area contributed by atoms with Gasteiger partial charge in [-0.15, -0.1) is 11.3 Å². The van der Waals surface area contributed by atoms with Crippen molar-refractivity contribution in [2.45, 2.75) is 12.5 Å². The molecule has 1 atom stereocenters. The SMILES string of the molecule is COc1ccsc1C(Cc1ccc(Cl)cc1)NN. The lowest BCUT2D eigenvalue weighted by molar-refractivity contribution is 0.403. The Labute approximate surface area is 116 Å². The van der Waals surface area contributed by atoms with Gasteiger partial charge in [-0.2, -0.15) is 0 Å². The molecule has 2 aromatic rings. The van der Waals surface area contributed by atoms with Crippen LogP contribution in [0.4, 0.5) is 0 Å². The van der Waals surface area contributed by atoms with Crippen LogP contribution in [0.3, 0.4) is 0 Å². The van der Waals surface area contributed by atoms with E-state index < -0.39 is 0 Å². The van der Waals surface area contributed by atoms with Crippen molar-refractivity contribution in [2.75, 3.05) is 7.11 Å². The lowest BCUT2D eigenvalue weighted by atomic mass is 10.0. The number of benzene rings is 1. The average Bonchev–Trinajstić information content (AvgIpc) is 2.86. The minimum absolute atomic E-state index is 0.0427. The highest BCUT2D eigenvalue weighted by molar-refractivity contribution is 7.10. The molecule has 0 bridgehead atoms. The Balaban J connectivity index is 2.17. The van der Waals surface area contributed by atoms with Gasteiger partial charge in [0.15, 0.2) is 0 Å². The van der Waals surface area contributed by atoms with Crippen LogP contribution in [-0.4, -0.2) is 7.11 Å². The smallest absolute Gasteiger partial charge is 0.134 e. The molecule has 0 fully saturated rings. The van der Waals surface area contributed by atoms with Crippen molar-refractivity contribution < 1.29 is 4.74 Å². The van der Waals surface area contributed by atoms with Crippen LogP contribution < -0.4 is 16.0 Å². The summed E-state index contributed by atoms with van der Waals surface area (Å²) in [6, 6.07) is 9.78. The highest BCUT2D eigenvalue weighted by Gasteiger charge is 2.16. The number of hydrogen-bond acceptors (Lipinski definition) is 4. The monoisotopic (exact) mass is 282 g/mol. The van der Waals surface area contributed by atoms with Gasteiger partial charge in [0, 0.05) is 5.02 Å². The molecule has 0 spiro atoms. The van der Waals surface area contributed by atoms with Crippen LogP contribution in [0.2, 0.25) is 5.02 Å². The molecule has 0 aliphatic carbocycles. The fourth-order valence-electron chi connectivity index (χ4n) is 1.82. The molecule has 1 aromatic heterocycles. The Morgan fingerprint density at radius 1 is 1.33 bits per heavy atom. The summed E-state index contributed by atoms with van der Waals surface area (Å²) in [5.41, 5.74) is 4.02. The van der Waals surface area contributed by atoms with Gasteiger partial charge in [-0.25, -0.2) is 0 Å². The van der Waals surface area contributed by atoms with Crippen molar-refractivity contribution in [3.63, 3.8) is 0 Å². The first-order valence-corrected chi connectivity index (χ1v) is 6.82. The second kappa shape index (κ2) is 6.20. The van der Waals surface area contributed by atoms with Gasteiger partial charge >= 0.3 is 0 Å². The molecule has 0 amide bonds. The van der Waals surface area contributed by atoms with Crippen molar-refractivity contribution in [3.05, 3.63) is 51.2 Å². The number of halogens is 1. The predicted molar refractivity (Wildman–Crippen MR) is 76.1 cm³/mol. The fourth-order valence-corrected chi connectivity index (χ4v) is 2.86. The van der Waals surface area contributed by atoms with Gasteiger partial charge in [-0.3, -0.25) is 11.3 Å². The van der Waals surface area contributed by atoms with Crippen LogP contribution in [0.5, 0.6) is 5.75 Å². The van der Waals surface area contributed by atoms with Gasteiger partial charge in [0.05, 0.1) is 18.0 Å². The van der Waals surface area contributed by atoms with Gasteiger partial charge < -0.3 is 4.74 Å². The van der Waals surface area contributed by atoms with Crippen LogP contribution in [0.1, 0.15) is 16.5 Å². The first kappa shape index (κ1) is 13.4. The summed E-state index contributed by atoms with van der Waals surface area (Å²) in [5.74, 6) is 6.51. The number of ether oxygens (including phenoxy) is 1. The number of thiophene rings is 1. The molecule has 5 heteroatoms. The van der Waals surface area contributed by atoms with Crippen molar-refractivity contribution in [1.82, 2.24) is 5.43 Å². The molecule has 1 unspecified atom stereocenters. The summed E-state index contributed by atoms with van der Waals surface area (Å²) < 4.78 is 5.32. The van der Waals surface area contributed by atoms with Gasteiger partial charge in [0.1, 0.15) is 5.75 Å². The molecule has 3 nitrogen and oxygen atoms in total. The molecule has 0 radical (unpaired) electrons. The third kappa shape index (κ3) is 3.03. The Morgan fingerprint density at radius 2 is 2.06 bits per heavy atom. The minimum atomic E-state index is 0.0427. The molecule has 0 saturated heterocycles. The first-order chi connectivity index (χ1) is 8.74. The van der Waals surface area contributed by atoms with Crippen molar-refractivity contribution in [1.29, 1.82) is 0 Å². The van der Waals surface area contributed by atoms with E-state index >= 15 is 0 Å². The molecule has 0 saturated carbocycles. The van der Waals surface area contributed by atoms with E-state index in [1.165, 1.54) is 5.56 Å². The summed E-state index contributed by atoms with van der Waals surface area (Å²) >= 11 is 7.51. The number of methoxy groups -OCH3 is 1. The second-order valence-electron chi connectivity index (χ2n) is 3.90. The fraction of sp³-hybridized carbons (Fsp3) is 0.231. The lowest BCUT2D eigenvalue weighted by Gasteiger charge is -2.16. The zero-order chi connectivity index (χ0) is 13.0. The van der Waals surface area contributed by atoms with Crippen LogP contribution >= 0.6 is 22.9 Å². The summed E-state index contributed by atoms with van der Waals surface area (Å²) in [6.07, 6.45) is 0.796. The van der Waals surface area contributed by atoms with E-state index in [0.29, 0.717) is 0 Å². The molecule has 2 rings (SSSR count). The number of hydrogen-bond donors (Lipinski definition) is 2. The van der Waals surface area contributed by atoms with Crippen LogP contribution in [0.25, 0.3) is 0 Å². The quantitative estimate of drug-likeness (QED) is 0.654. The molecule has 96 valence electrons. The molecular weight excluding hydrogens is 268 g/mol. The van der Waals surface area contributed by atoms with Gasteiger partial charge in [0.2, 0.25) is 0 Å². The van der Waals surface area contributed by atoms with E-state index in [1.807, 2.05) is 35.7 Å². The van der Waals surface area contributed by atoms with Gasteiger partial charge in [-0.05, 0) is 35.6 Å². The Bertz CT molecular complexity index is 498. The maximum atomic E-state index is 5.87. The summed E-state index contributed by atoms with van der Waals surface area (Å²) in [7, 11) is 1.67. The number of nitrogens with one attached hydrogen (secondary N) is 1. The Hall–Kier alpha value is -1.07. The second-order valence-corrected chi connectivity index (χ2v) is 5.29. The zero-order valence-corrected chi connectivity index (χ0v) is 11.6. The lowest BCUT2D eigenvalue weighted by Crippen LogP contribution is -2.29. The molecule has 0 aliphatic heterocycles. The molecule has 0 aliphatic rings. The molecule has 1 aromatic carbocycles. The molecular formula is C13H15ClN2OS. The first-order valence-electron chi connectivity index (χ1n) is 5.56. The largest absolute Gasteiger partial charge is 0.496 e. The Morgan fingerprint density at radius 3 is 2.67 bits per heavy atom. The zero-order valence-electron chi connectivity index (χ0n) is 10.0. The van der Waals surface area contributed by atoms with E-state index in [2.05, 4.69) is 5.43 Å². The van der Waals surface area contributed by atoms with E-state index in [4.69, 9.17) is 22.2 Å². The standard InChI is InChI=1S/C13H15ClN2OS/c1-17-12-6-7-18-13(12)11(16-15)8-9-2-4-10(14)5-3-9/h2-7,11,16H,8,15H2,1H3. The van der Waals surface area contributed by atoms with Crippen LogP contribution in [0, 0.1) is 0 Å². The van der Waals surface area contributed by atoms with Crippen molar-refractivity contribution in [2.24, 2.45) is 5.84 Å². The normalized spacial score (nSPS) is 12.4. The van der Waals surface area contributed by atoms with Crippen molar-refractivity contribution >= 4 is 22.9 Å². The maximum Gasteiger partial charge on any atom is 0.134 e. The van der Waals surface area contributed by atoms with Gasteiger partial charge in [-0.1, -0.05) is 23.7 Å². The number of hydrazine groups is 1. The Kier molecular flexibility index (Phi) is 4.60. The summed E-state index contributed by atoms with van der Waals surface area (Å²) in [4.78, 5) is 1.11. The highest BCUT2D eigenvalue weighted by atomic mass is 35.5. The third-order valence-corrected chi connectivity index (χ3v) is 4.01. The molecule has 3 N–H and O–H groups in total. The highest BCUT2D eigenvalue weighted by Crippen LogP contribution is 2.32. The van der Waals surface area contributed by atoms with Gasteiger partial charge in [0.25, 0.3) is 0 Å². The maximum absolute atomic E-state index is 5.87. The number of nitrogens with two attached hydrogens (primary N) is 1. The molecule has 1 heterocycles. The third-order valence-electron chi connectivity index (χ3n) is 2.75. The summed E-state index contributed by atoms with van der Waals surface area (Å²) in [6.45, 7) is 0. The number of rotatable bonds is 5. The molecule has 18 heavy (non-hydrogen) atoms. The minimum Gasteiger partial charge on any atom is -0.496 e. The van der Waals surface area contributed by atoms with E-state index in [1.54, 1.807) is 18.4 Å². The summed E-state index contributed by atoms with van der Waals surface area (Å²) in [5, 5.41) is 2.74. The van der Waals surface area contributed by atoms with E-state index in [0.717, 1.165) is 22.1 Å². The van der Waals surface area contributed by atoms with E-state index in [9.17, 15) is 0 Å². The van der Waals surface area contributed by atoms with Crippen LogP contribution in [-0.2, 0) is 6.42 Å². The average molecular weight is 283 g/mol. The topological polar surface area (TPSA) is 47.3 Å².